The van der Waals surface area contributed by atoms with Crippen LogP contribution in [-0.4, -0.2) is 26.3 Å². The molecule has 78 valence electrons. The maximum Gasteiger partial charge on any atom is 0.0816 e. The second kappa shape index (κ2) is 5.37. The first-order valence-corrected chi connectivity index (χ1v) is 9.16. The molecule has 0 aromatic rings. The fourth-order valence-corrected chi connectivity index (χ4v) is 5.36. The van der Waals surface area contributed by atoms with Crippen LogP contribution in [0.25, 0.3) is 0 Å². The summed E-state index contributed by atoms with van der Waals surface area (Å²) in [4.78, 5) is 0. The van der Waals surface area contributed by atoms with Crippen molar-refractivity contribution < 1.29 is 4.74 Å². The molecule has 1 aliphatic heterocycles. The van der Waals surface area contributed by atoms with Gasteiger partial charge in [0.2, 0.25) is 0 Å². The van der Waals surface area contributed by atoms with Gasteiger partial charge in [-0.15, -0.1) is 11.6 Å². The van der Waals surface area contributed by atoms with Crippen LogP contribution in [0, 0.1) is 0 Å². The van der Waals surface area contributed by atoms with Crippen molar-refractivity contribution in [1.82, 2.24) is 0 Å². The van der Waals surface area contributed by atoms with E-state index in [1.807, 2.05) is 0 Å². The molecule has 0 spiro atoms. The van der Waals surface area contributed by atoms with Crippen molar-refractivity contribution in [1.29, 1.82) is 0 Å². The molecular weight excluding hydrogens is 200 g/mol. The first-order chi connectivity index (χ1) is 6.17. The Hall–Kier alpha value is 0.467. The maximum absolute atomic E-state index is 5.86. The van der Waals surface area contributed by atoms with Crippen LogP contribution >= 0.6 is 11.6 Å². The number of alkyl halides is 1. The summed E-state index contributed by atoms with van der Waals surface area (Å²) < 4.78 is 5.86. The normalized spacial score (nSPS) is 24.7. The molecule has 1 nitrogen and oxygen atoms in total. The second-order valence-corrected chi connectivity index (χ2v) is 10.1. The van der Waals surface area contributed by atoms with Crippen molar-refractivity contribution in [3.8, 4) is 0 Å². The summed E-state index contributed by atoms with van der Waals surface area (Å²) in [5, 5.41) is 0. The molecule has 0 aliphatic carbocycles. The maximum atomic E-state index is 5.86. The Morgan fingerprint density at radius 2 is 2.15 bits per heavy atom. The number of hydrogen-bond donors (Lipinski definition) is 0. The molecule has 0 amide bonds. The average molecular weight is 221 g/mol. The topological polar surface area (TPSA) is 9.23 Å². The molecule has 1 unspecified atom stereocenters. The summed E-state index contributed by atoms with van der Waals surface area (Å²) in [6, 6.07) is 1.32. The Morgan fingerprint density at radius 1 is 1.38 bits per heavy atom. The van der Waals surface area contributed by atoms with Gasteiger partial charge in [-0.1, -0.05) is 19.1 Å². The third-order valence-electron chi connectivity index (χ3n) is 3.01. The molecule has 1 atom stereocenters. The first kappa shape index (κ1) is 11.5. The van der Waals surface area contributed by atoms with Gasteiger partial charge >= 0.3 is 0 Å². The number of rotatable bonds is 4. The standard InChI is InChI=1S/C10H21ClOSi/c1-13(2,9-5-7-11)10-6-3-4-8-12-10/h10H,3-9H2,1-2H3. The predicted octanol–water partition coefficient (Wildman–Crippen LogP) is 3.43. The zero-order chi connectivity index (χ0) is 9.73. The highest BCUT2D eigenvalue weighted by molar-refractivity contribution is 6.78. The zero-order valence-corrected chi connectivity index (χ0v) is 10.6. The summed E-state index contributed by atoms with van der Waals surface area (Å²) in [5.74, 6) is 0.809. The Labute approximate surface area is 87.8 Å². The molecule has 0 radical (unpaired) electrons. The van der Waals surface area contributed by atoms with Crippen molar-refractivity contribution >= 4 is 19.7 Å². The van der Waals surface area contributed by atoms with Gasteiger partial charge in [-0.2, -0.15) is 0 Å². The summed E-state index contributed by atoms with van der Waals surface area (Å²) >= 11 is 5.73. The van der Waals surface area contributed by atoms with Crippen LogP contribution in [0.15, 0.2) is 0 Å². The Bertz CT molecular complexity index is 144. The van der Waals surface area contributed by atoms with Gasteiger partial charge in [-0.25, -0.2) is 0 Å². The van der Waals surface area contributed by atoms with Crippen LogP contribution in [-0.2, 0) is 4.74 Å². The van der Waals surface area contributed by atoms with E-state index in [0.29, 0.717) is 5.73 Å². The van der Waals surface area contributed by atoms with Crippen LogP contribution in [0.3, 0.4) is 0 Å². The highest BCUT2D eigenvalue weighted by atomic mass is 35.5. The highest BCUT2D eigenvalue weighted by Gasteiger charge is 2.32. The van der Waals surface area contributed by atoms with E-state index in [1.165, 1.54) is 31.7 Å². The van der Waals surface area contributed by atoms with E-state index < -0.39 is 8.07 Å². The van der Waals surface area contributed by atoms with Gasteiger partial charge in [0.1, 0.15) is 0 Å². The molecule has 1 aliphatic rings. The zero-order valence-electron chi connectivity index (χ0n) is 8.81. The van der Waals surface area contributed by atoms with Gasteiger partial charge < -0.3 is 4.74 Å². The van der Waals surface area contributed by atoms with E-state index in [4.69, 9.17) is 16.3 Å². The summed E-state index contributed by atoms with van der Waals surface area (Å²) in [7, 11) is -1.13. The van der Waals surface area contributed by atoms with Crippen molar-refractivity contribution in [3.05, 3.63) is 0 Å². The minimum absolute atomic E-state index is 0.601. The third kappa shape index (κ3) is 3.60. The van der Waals surface area contributed by atoms with E-state index >= 15 is 0 Å². The van der Waals surface area contributed by atoms with Gasteiger partial charge in [0, 0.05) is 18.2 Å². The predicted molar refractivity (Wildman–Crippen MR) is 61.2 cm³/mol. The smallest absolute Gasteiger partial charge is 0.0816 e. The van der Waals surface area contributed by atoms with Crippen LogP contribution in [0.1, 0.15) is 25.7 Å². The van der Waals surface area contributed by atoms with E-state index in [1.54, 1.807) is 0 Å². The molecule has 1 heterocycles. The highest BCUT2D eigenvalue weighted by Crippen LogP contribution is 2.26. The van der Waals surface area contributed by atoms with E-state index in [2.05, 4.69) is 13.1 Å². The van der Waals surface area contributed by atoms with Crippen LogP contribution in [0.2, 0.25) is 19.1 Å². The number of hydrogen-bond acceptors (Lipinski definition) is 1. The van der Waals surface area contributed by atoms with Crippen molar-refractivity contribution in [3.63, 3.8) is 0 Å². The lowest BCUT2D eigenvalue weighted by Gasteiger charge is -2.35. The van der Waals surface area contributed by atoms with Crippen molar-refractivity contribution in [2.24, 2.45) is 0 Å². The van der Waals surface area contributed by atoms with Crippen molar-refractivity contribution in [2.75, 3.05) is 12.5 Å². The molecule has 1 fully saturated rings. The minimum atomic E-state index is -1.13. The van der Waals surface area contributed by atoms with Gasteiger partial charge in [-0.05, 0) is 25.7 Å². The molecule has 0 aromatic carbocycles. The third-order valence-corrected chi connectivity index (χ3v) is 7.11. The Balaban J connectivity index is 2.36. The van der Waals surface area contributed by atoms with Crippen LogP contribution < -0.4 is 0 Å². The average Bonchev–Trinajstić information content (AvgIpc) is 2.16. The SMILES string of the molecule is C[Si](C)(CCCCl)C1CCCCO1. The number of halogens is 1. The van der Waals surface area contributed by atoms with Crippen molar-refractivity contribution in [2.45, 2.75) is 50.5 Å². The molecule has 1 rings (SSSR count). The second-order valence-electron chi connectivity index (χ2n) is 4.64. The Morgan fingerprint density at radius 3 is 2.69 bits per heavy atom. The molecule has 13 heavy (non-hydrogen) atoms. The minimum Gasteiger partial charge on any atom is -0.382 e. The first-order valence-electron chi connectivity index (χ1n) is 5.34. The van der Waals surface area contributed by atoms with Gasteiger partial charge in [0.05, 0.1) is 8.07 Å². The monoisotopic (exact) mass is 220 g/mol. The lowest BCUT2D eigenvalue weighted by atomic mass is 10.2. The fourth-order valence-electron chi connectivity index (χ4n) is 2.04. The summed E-state index contributed by atoms with van der Waals surface area (Å²) in [6.45, 7) is 5.87. The molecule has 0 N–H and O–H groups in total. The van der Waals surface area contributed by atoms with Gasteiger partial charge in [0.15, 0.2) is 0 Å². The molecule has 0 aromatic heterocycles. The van der Waals surface area contributed by atoms with Gasteiger partial charge in [-0.3, -0.25) is 0 Å². The lowest BCUT2D eigenvalue weighted by molar-refractivity contribution is 0.0597. The molecule has 0 bridgehead atoms. The number of ether oxygens (including phenoxy) is 1. The van der Waals surface area contributed by atoms with E-state index in [-0.39, 0.29) is 0 Å². The summed E-state index contributed by atoms with van der Waals surface area (Å²) in [5.41, 5.74) is 0.601. The molecule has 0 saturated carbocycles. The molecule has 1 saturated heterocycles. The van der Waals surface area contributed by atoms with Gasteiger partial charge in [0.25, 0.3) is 0 Å². The molecular formula is C10H21ClOSi. The van der Waals surface area contributed by atoms with E-state index in [0.717, 1.165) is 12.5 Å². The quantitative estimate of drug-likeness (QED) is 0.521. The molecule has 3 heteroatoms. The van der Waals surface area contributed by atoms with E-state index in [9.17, 15) is 0 Å². The fraction of sp³-hybridized carbons (Fsp3) is 1.00. The lowest BCUT2D eigenvalue weighted by Crippen LogP contribution is -2.45. The summed E-state index contributed by atoms with van der Waals surface area (Å²) in [6.07, 6.45) is 5.08. The Kier molecular flexibility index (Phi) is 4.77. The van der Waals surface area contributed by atoms with Crippen LogP contribution in [0.5, 0.6) is 0 Å². The largest absolute Gasteiger partial charge is 0.382 e. The van der Waals surface area contributed by atoms with Crippen LogP contribution in [0.4, 0.5) is 0 Å².